The third-order valence-corrected chi connectivity index (χ3v) is 1.49. The third kappa shape index (κ3) is 1.34. The van der Waals surface area contributed by atoms with Crippen LogP contribution < -0.4 is 0 Å². The largest absolute Gasteiger partial charge is 0.494 e. The van der Waals surface area contributed by atoms with Gasteiger partial charge in [-0.25, -0.2) is 4.79 Å². The Kier molecular flexibility index (Phi) is 1.85. The highest BCUT2D eigenvalue weighted by molar-refractivity contribution is 5.86. The summed E-state index contributed by atoms with van der Waals surface area (Å²) in [4.78, 5) is 12.7. The molecule has 0 atom stereocenters. The van der Waals surface area contributed by atoms with E-state index in [0.29, 0.717) is 12.0 Å². The smallest absolute Gasteiger partial charge is 0.352 e. The van der Waals surface area contributed by atoms with Crippen molar-refractivity contribution in [3.63, 3.8) is 0 Å². The molecule has 0 spiro atoms. The SMILES string of the molecule is CCc1cc(C(=O)O)[nH]c1O. The monoisotopic (exact) mass is 155 g/mol. The van der Waals surface area contributed by atoms with Crippen LogP contribution in [0.5, 0.6) is 5.88 Å². The summed E-state index contributed by atoms with van der Waals surface area (Å²) in [5.74, 6) is -1.11. The Morgan fingerprint density at radius 1 is 1.73 bits per heavy atom. The van der Waals surface area contributed by atoms with E-state index in [1.165, 1.54) is 6.07 Å². The lowest BCUT2D eigenvalue weighted by Crippen LogP contribution is -1.94. The first-order valence-electron chi connectivity index (χ1n) is 3.29. The number of aromatic nitrogens is 1. The summed E-state index contributed by atoms with van der Waals surface area (Å²) in [7, 11) is 0. The molecule has 4 nitrogen and oxygen atoms in total. The number of nitrogens with one attached hydrogen (secondary N) is 1. The van der Waals surface area contributed by atoms with Crippen molar-refractivity contribution >= 4 is 5.97 Å². The molecular formula is C7H9NO3. The molecule has 1 rings (SSSR count). The molecule has 0 bridgehead atoms. The summed E-state index contributed by atoms with van der Waals surface area (Å²) >= 11 is 0. The summed E-state index contributed by atoms with van der Waals surface area (Å²) in [5.41, 5.74) is 0.654. The van der Waals surface area contributed by atoms with Crippen molar-refractivity contribution in [3.8, 4) is 5.88 Å². The Bertz CT molecular complexity index is 277. The molecule has 4 heteroatoms. The van der Waals surface area contributed by atoms with Crippen LogP contribution in [0.4, 0.5) is 0 Å². The highest BCUT2D eigenvalue weighted by Gasteiger charge is 2.09. The number of rotatable bonds is 2. The average Bonchev–Trinajstić information content (AvgIpc) is 2.31. The fourth-order valence-electron chi connectivity index (χ4n) is 0.871. The van der Waals surface area contributed by atoms with Crippen LogP contribution in [0, 0.1) is 0 Å². The van der Waals surface area contributed by atoms with Crippen molar-refractivity contribution in [3.05, 3.63) is 17.3 Å². The number of carbonyl (C=O) groups is 1. The van der Waals surface area contributed by atoms with Gasteiger partial charge in [-0.3, -0.25) is 0 Å². The Labute approximate surface area is 63.5 Å². The molecule has 0 amide bonds. The Morgan fingerprint density at radius 3 is 2.64 bits per heavy atom. The van der Waals surface area contributed by atoms with Gasteiger partial charge in [0.15, 0.2) is 5.88 Å². The lowest BCUT2D eigenvalue weighted by atomic mass is 10.2. The summed E-state index contributed by atoms with van der Waals surface area (Å²) in [6.07, 6.45) is 0.621. The molecule has 0 radical (unpaired) electrons. The molecular weight excluding hydrogens is 146 g/mol. The fraction of sp³-hybridized carbons (Fsp3) is 0.286. The molecule has 0 aliphatic rings. The normalized spacial score (nSPS) is 9.91. The lowest BCUT2D eigenvalue weighted by Gasteiger charge is -1.87. The van der Waals surface area contributed by atoms with Gasteiger partial charge in [-0.05, 0) is 12.5 Å². The van der Waals surface area contributed by atoms with E-state index in [1.54, 1.807) is 0 Å². The lowest BCUT2D eigenvalue weighted by molar-refractivity contribution is 0.0690. The highest BCUT2D eigenvalue weighted by atomic mass is 16.4. The van der Waals surface area contributed by atoms with Crippen LogP contribution >= 0.6 is 0 Å². The number of H-pyrrole nitrogens is 1. The average molecular weight is 155 g/mol. The summed E-state index contributed by atoms with van der Waals surface area (Å²) in [5, 5.41) is 17.5. The number of aryl methyl sites for hydroxylation is 1. The zero-order valence-corrected chi connectivity index (χ0v) is 6.09. The van der Waals surface area contributed by atoms with E-state index < -0.39 is 5.97 Å². The van der Waals surface area contributed by atoms with Crippen molar-refractivity contribution < 1.29 is 15.0 Å². The second-order valence-corrected chi connectivity index (χ2v) is 2.22. The first-order valence-corrected chi connectivity index (χ1v) is 3.29. The van der Waals surface area contributed by atoms with Crippen molar-refractivity contribution in [2.45, 2.75) is 13.3 Å². The Morgan fingerprint density at radius 2 is 2.36 bits per heavy atom. The van der Waals surface area contributed by atoms with E-state index in [0.717, 1.165) is 0 Å². The summed E-state index contributed by atoms with van der Waals surface area (Å²) in [6.45, 7) is 1.84. The fourth-order valence-corrected chi connectivity index (χ4v) is 0.871. The van der Waals surface area contributed by atoms with Gasteiger partial charge in [0.2, 0.25) is 0 Å². The molecule has 0 saturated heterocycles. The topological polar surface area (TPSA) is 73.3 Å². The molecule has 1 aromatic heterocycles. The van der Waals surface area contributed by atoms with E-state index in [9.17, 15) is 4.79 Å². The Hall–Kier alpha value is -1.45. The van der Waals surface area contributed by atoms with Gasteiger partial charge < -0.3 is 15.2 Å². The maximum absolute atomic E-state index is 10.3. The van der Waals surface area contributed by atoms with Gasteiger partial charge in [-0.15, -0.1) is 0 Å². The maximum Gasteiger partial charge on any atom is 0.352 e. The molecule has 3 N–H and O–H groups in total. The molecule has 11 heavy (non-hydrogen) atoms. The minimum Gasteiger partial charge on any atom is -0.494 e. The van der Waals surface area contributed by atoms with Crippen LogP contribution in [0.3, 0.4) is 0 Å². The Balaban J connectivity index is 3.05. The molecule has 0 fully saturated rings. The molecule has 0 aromatic carbocycles. The molecule has 0 aliphatic carbocycles. The quantitative estimate of drug-likeness (QED) is 0.596. The second-order valence-electron chi connectivity index (χ2n) is 2.22. The summed E-state index contributed by atoms with van der Waals surface area (Å²) in [6, 6.07) is 1.43. The molecule has 1 aromatic rings. The maximum atomic E-state index is 10.3. The predicted octanol–water partition coefficient (Wildman–Crippen LogP) is 0.981. The number of aromatic carboxylic acids is 1. The number of hydrogen-bond acceptors (Lipinski definition) is 2. The van der Waals surface area contributed by atoms with Gasteiger partial charge in [-0.1, -0.05) is 6.92 Å². The second kappa shape index (κ2) is 2.65. The molecule has 1 heterocycles. The van der Waals surface area contributed by atoms with Crippen molar-refractivity contribution in [1.82, 2.24) is 4.98 Å². The number of carboxylic acids is 1. The van der Waals surface area contributed by atoms with Crippen molar-refractivity contribution in [1.29, 1.82) is 0 Å². The van der Waals surface area contributed by atoms with Gasteiger partial charge in [-0.2, -0.15) is 0 Å². The first-order chi connectivity index (χ1) is 5.15. The van der Waals surface area contributed by atoms with Crippen LogP contribution in [-0.2, 0) is 6.42 Å². The molecule has 0 saturated carbocycles. The number of aromatic hydroxyl groups is 1. The van der Waals surface area contributed by atoms with Crippen LogP contribution in [-0.4, -0.2) is 21.2 Å². The van der Waals surface area contributed by atoms with E-state index in [-0.39, 0.29) is 11.6 Å². The number of hydrogen-bond donors (Lipinski definition) is 3. The van der Waals surface area contributed by atoms with Crippen LogP contribution in [0.15, 0.2) is 6.07 Å². The molecule has 60 valence electrons. The molecule has 0 aliphatic heterocycles. The van der Waals surface area contributed by atoms with Gasteiger partial charge in [0.05, 0.1) is 0 Å². The zero-order valence-electron chi connectivity index (χ0n) is 6.09. The summed E-state index contributed by atoms with van der Waals surface area (Å²) < 4.78 is 0. The first kappa shape index (κ1) is 7.65. The number of carboxylic acid groups (broad SMARTS) is 1. The van der Waals surface area contributed by atoms with E-state index in [1.807, 2.05) is 6.92 Å². The van der Waals surface area contributed by atoms with Crippen LogP contribution in [0.2, 0.25) is 0 Å². The minimum absolute atomic E-state index is 0.0272. The van der Waals surface area contributed by atoms with E-state index >= 15 is 0 Å². The third-order valence-electron chi connectivity index (χ3n) is 1.49. The van der Waals surface area contributed by atoms with Gasteiger partial charge in [0.25, 0.3) is 0 Å². The predicted molar refractivity (Wildman–Crippen MR) is 38.8 cm³/mol. The zero-order chi connectivity index (χ0) is 8.43. The van der Waals surface area contributed by atoms with Gasteiger partial charge in [0.1, 0.15) is 5.69 Å². The van der Waals surface area contributed by atoms with Crippen LogP contribution in [0.25, 0.3) is 0 Å². The van der Waals surface area contributed by atoms with Crippen molar-refractivity contribution in [2.24, 2.45) is 0 Å². The van der Waals surface area contributed by atoms with Crippen LogP contribution in [0.1, 0.15) is 23.0 Å². The highest BCUT2D eigenvalue weighted by Crippen LogP contribution is 2.17. The van der Waals surface area contributed by atoms with Gasteiger partial charge >= 0.3 is 5.97 Å². The van der Waals surface area contributed by atoms with E-state index in [4.69, 9.17) is 10.2 Å². The minimum atomic E-state index is -1.06. The van der Waals surface area contributed by atoms with Crippen molar-refractivity contribution in [2.75, 3.05) is 0 Å². The number of aromatic amines is 1. The van der Waals surface area contributed by atoms with E-state index in [2.05, 4.69) is 4.98 Å². The van der Waals surface area contributed by atoms with Gasteiger partial charge in [0, 0.05) is 5.56 Å². The standard InChI is InChI=1S/C7H9NO3/c1-2-4-3-5(7(10)11)8-6(4)9/h3,8-9H,2H2,1H3,(H,10,11). The molecule has 0 unspecified atom stereocenters.